The average Bonchev–Trinajstić information content (AvgIpc) is 3.10. The number of halogens is 1. The van der Waals surface area contributed by atoms with Crippen LogP contribution in [0.2, 0.25) is 0 Å². The molecule has 2 amide bonds. The molecule has 1 heterocycles. The van der Waals surface area contributed by atoms with Crippen molar-refractivity contribution in [1.29, 1.82) is 0 Å². The molecule has 208 valence electrons. The minimum absolute atomic E-state index is 0.0124. The van der Waals surface area contributed by atoms with Crippen molar-refractivity contribution in [3.8, 4) is 5.75 Å². The molecule has 6 nitrogen and oxygen atoms in total. The number of nitrogens with one attached hydrogen (secondary N) is 1. The molecule has 0 fully saturated rings. The Morgan fingerprint density at radius 3 is 2.12 bits per heavy atom. The van der Waals surface area contributed by atoms with E-state index in [0.717, 1.165) is 21.6 Å². The molecule has 0 saturated heterocycles. The van der Waals surface area contributed by atoms with Crippen LogP contribution in [0.3, 0.4) is 0 Å². The summed E-state index contributed by atoms with van der Waals surface area (Å²) in [6.45, 7) is 14.7. The van der Waals surface area contributed by atoms with Gasteiger partial charge in [-0.1, -0.05) is 90.4 Å². The van der Waals surface area contributed by atoms with Crippen LogP contribution in [-0.4, -0.2) is 17.8 Å². The van der Waals surface area contributed by atoms with Crippen molar-refractivity contribution < 1.29 is 19.1 Å². The van der Waals surface area contributed by atoms with Gasteiger partial charge in [-0.2, -0.15) is 0 Å². The second-order valence-corrected chi connectivity index (χ2v) is 12.3. The monoisotopic (exact) mass is 558 g/mol. The summed E-state index contributed by atoms with van der Waals surface area (Å²) < 4.78 is 5.84. The first kappa shape index (κ1) is 29.1. The van der Waals surface area contributed by atoms with Crippen LogP contribution in [0.15, 0.2) is 77.5 Å². The molecule has 1 aliphatic heterocycles. The van der Waals surface area contributed by atoms with Crippen molar-refractivity contribution >= 4 is 40.8 Å². The molecule has 0 atom stereocenters. The number of para-hydroxylation sites is 1. The van der Waals surface area contributed by atoms with Crippen molar-refractivity contribution in [3.63, 3.8) is 0 Å². The Morgan fingerprint density at radius 1 is 0.875 bits per heavy atom. The van der Waals surface area contributed by atoms with Crippen molar-refractivity contribution in [2.45, 2.75) is 65.7 Å². The number of nitrogens with zero attached hydrogens (tertiary/aromatic N) is 1. The van der Waals surface area contributed by atoms with Gasteiger partial charge in [0.15, 0.2) is 0 Å². The number of ether oxygens (including phenoxy) is 1. The van der Waals surface area contributed by atoms with Gasteiger partial charge in [0.1, 0.15) is 16.5 Å². The lowest BCUT2D eigenvalue weighted by molar-refractivity contribution is -0.120. The zero-order valence-electron chi connectivity index (χ0n) is 24.0. The highest BCUT2D eigenvalue weighted by molar-refractivity contribution is 6.53. The van der Waals surface area contributed by atoms with Gasteiger partial charge in [-0.3, -0.25) is 9.59 Å². The van der Waals surface area contributed by atoms with Crippen molar-refractivity contribution in [2.24, 2.45) is 0 Å². The largest absolute Gasteiger partial charge is 0.423 e. The number of hydrogen-bond donors (Lipinski definition) is 1. The molecule has 1 aliphatic rings. The molecule has 0 saturated carbocycles. The van der Waals surface area contributed by atoms with Crippen LogP contribution in [0.4, 0.5) is 11.4 Å². The minimum atomic E-state index is -0.581. The van der Waals surface area contributed by atoms with Gasteiger partial charge >= 0.3 is 5.97 Å². The molecule has 0 spiro atoms. The predicted octanol–water partition coefficient (Wildman–Crippen LogP) is 7.50. The fourth-order valence-corrected chi connectivity index (χ4v) is 4.74. The number of hydrogen-bond acceptors (Lipinski definition) is 5. The van der Waals surface area contributed by atoms with Gasteiger partial charge in [-0.05, 0) is 64.8 Å². The summed E-state index contributed by atoms with van der Waals surface area (Å²) in [7, 11) is 0. The Hall–Kier alpha value is -3.90. The van der Waals surface area contributed by atoms with E-state index < -0.39 is 17.8 Å². The van der Waals surface area contributed by atoms with Crippen LogP contribution in [0.1, 0.15) is 75.5 Å². The van der Waals surface area contributed by atoms with Crippen LogP contribution in [0.25, 0.3) is 0 Å². The summed E-state index contributed by atoms with van der Waals surface area (Å²) in [6, 6.07) is 19.7. The standard InChI is InChI=1S/C33H35ClN2O4/c1-8-20-11-9-10-12-25(20)36-29(37)27(34)28(30(36)38)35-23-16-13-21(14-17-23)31(39)40-26-18-15-22(32(2,3)4)19-24(26)33(5,6)7/h9-19,35H,8H2,1-7H3. The number of imide groups is 1. The molecule has 7 heteroatoms. The van der Waals surface area contributed by atoms with Crippen molar-refractivity contribution in [2.75, 3.05) is 10.2 Å². The number of esters is 1. The number of amides is 2. The highest BCUT2D eigenvalue weighted by atomic mass is 35.5. The number of benzene rings is 3. The molecule has 40 heavy (non-hydrogen) atoms. The van der Waals surface area contributed by atoms with E-state index in [1.54, 1.807) is 36.4 Å². The van der Waals surface area contributed by atoms with E-state index in [2.05, 4.69) is 52.9 Å². The zero-order chi connectivity index (χ0) is 29.4. The zero-order valence-corrected chi connectivity index (χ0v) is 24.8. The van der Waals surface area contributed by atoms with Gasteiger partial charge in [-0.25, -0.2) is 9.69 Å². The molecule has 0 radical (unpaired) electrons. The van der Waals surface area contributed by atoms with Gasteiger partial charge < -0.3 is 10.1 Å². The maximum Gasteiger partial charge on any atom is 0.343 e. The first-order valence-electron chi connectivity index (χ1n) is 13.3. The molecule has 0 unspecified atom stereocenters. The minimum Gasteiger partial charge on any atom is -0.423 e. The third kappa shape index (κ3) is 5.82. The maximum absolute atomic E-state index is 13.2. The number of aryl methyl sites for hydroxylation is 1. The SMILES string of the molecule is CCc1ccccc1N1C(=O)C(Cl)=C(Nc2ccc(C(=O)Oc3ccc(C(C)(C)C)cc3C(C)(C)C)cc2)C1=O. The van der Waals surface area contributed by atoms with E-state index in [1.807, 2.05) is 31.2 Å². The summed E-state index contributed by atoms with van der Waals surface area (Å²) in [6.07, 6.45) is 0.656. The van der Waals surface area contributed by atoms with Gasteiger partial charge in [0.25, 0.3) is 11.8 Å². The molecule has 3 aromatic carbocycles. The fourth-order valence-electron chi connectivity index (χ4n) is 4.52. The molecule has 1 N–H and O–H groups in total. The van der Waals surface area contributed by atoms with E-state index >= 15 is 0 Å². The molecular weight excluding hydrogens is 524 g/mol. The Bertz CT molecular complexity index is 1510. The van der Waals surface area contributed by atoms with E-state index in [1.165, 1.54) is 0 Å². The summed E-state index contributed by atoms with van der Waals surface area (Å²) in [4.78, 5) is 40.2. The third-order valence-electron chi connectivity index (χ3n) is 6.89. The number of carbonyl (C=O) groups is 3. The van der Waals surface area contributed by atoms with Crippen molar-refractivity contribution in [3.05, 3.63) is 99.7 Å². The Balaban J connectivity index is 1.52. The lowest BCUT2D eigenvalue weighted by Gasteiger charge is -2.26. The Labute approximate surface area is 241 Å². The lowest BCUT2D eigenvalue weighted by atomic mass is 9.80. The third-order valence-corrected chi connectivity index (χ3v) is 7.24. The summed E-state index contributed by atoms with van der Waals surface area (Å²) in [5.74, 6) is -1.09. The van der Waals surface area contributed by atoms with Crippen LogP contribution in [0, 0.1) is 0 Å². The fraction of sp³-hybridized carbons (Fsp3) is 0.303. The number of carbonyl (C=O) groups excluding carboxylic acids is 3. The normalized spacial score (nSPS) is 14.2. The summed E-state index contributed by atoms with van der Waals surface area (Å²) in [5.41, 5.74) is 4.06. The topological polar surface area (TPSA) is 75.7 Å². The smallest absolute Gasteiger partial charge is 0.343 e. The van der Waals surface area contributed by atoms with Gasteiger partial charge in [0.2, 0.25) is 0 Å². The lowest BCUT2D eigenvalue weighted by Crippen LogP contribution is -2.33. The van der Waals surface area contributed by atoms with Crippen LogP contribution >= 0.6 is 11.6 Å². The van der Waals surface area contributed by atoms with Crippen molar-refractivity contribution in [1.82, 2.24) is 0 Å². The first-order chi connectivity index (χ1) is 18.7. The van der Waals surface area contributed by atoms with E-state index in [-0.39, 0.29) is 21.6 Å². The molecule has 4 rings (SSSR count). The Kier molecular flexibility index (Phi) is 7.95. The molecule has 0 bridgehead atoms. The summed E-state index contributed by atoms with van der Waals surface area (Å²) >= 11 is 6.31. The van der Waals surface area contributed by atoms with Gasteiger partial charge in [0, 0.05) is 11.3 Å². The highest BCUT2D eigenvalue weighted by Crippen LogP contribution is 2.36. The summed E-state index contributed by atoms with van der Waals surface area (Å²) in [5, 5.41) is 2.77. The Morgan fingerprint density at radius 2 is 1.52 bits per heavy atom. The average molecular weight is 559 g/mol. The van der Waals surface area contributed by atoms with Crippen LogP contribution < -0.4 is 15.0 Å². The van der Waals surface area contributed by atoms with Crippen LogP contribution in [-0.2, 0) is 26.8 Å². The maximum atomic E-state index is 13.2. The number of rotatable bonds is 6. The van der Waals surface area contributed by atoms with E-state index in [4.69, 9.17) is 16.3 Å². The van der Waals surface area contributed by atoms with Gasteiger partial charge in [0.05, 0.1) is 11.3 Å². The number of anilines is 2. The first-order valence-corrected chi connectivity index (χ1v) is 13.7. The second-order valence-electron chi connectivity index (χ2n) is 11.9. The molecule has 0 aliphatic carbocycles. The van der Waals surface area contributed by atoms with E-state index in [9.17, 15) is 14.4 Å². The van der Waals surface area contributed by atoms with E-state index in [0.29, 0.717) is 29.1 Å². The van der Waals surface area contributed by atoms with Gasteiger partial charge in [-0.15, -0.1) is 0 Å². The highest BCUT2D eigenvalue weighted by Gasteiger charge is 2.39. The quantitative estimate of drug-likeness (QED) is 0.192. The molecular formula is C33H35ClN2O4. The molecule has 0 aromatic heterocycles. The second kappa shape index (κ2) is 10.9. The molecule has 3 aromatic rings. The predicted molar refractivity (Wildman–Crippen MR) is 160 cm³/mol. The van der Waals surface area contributed by atoms with Crippen LogP contribution in [0.5, 0.6) is 5.75 Å².